The fraction of sp³-hybridized carbons (Fsp3) is 0.136. The lowest BCUT2D eigenvalue weighted by molar-refractivity contribution is 0.0957. The van der Waals surface area contributed by atoms with Gasteiger partial charge < -0.3 is 15.6 Å². The Morgan fingerprint density at radius 1 is 1.10 bits per heavy atom. The van der Waals surface area contributed by atoms with Gasteiger partial charge in [-0.25, -0.2) is 14.2 Å². The third-order valence-electron chi connectivity index (χ3n) is 4.68. The smallest absolute Gasteiger partial charge is 0.325 e. The van der Waals surface area contributed by atoms with Crippen LogP contribution in [0.2, 0.25) is 0 Å². The largest absolute Gasteiger partial charge is 0.361 e. The Morgan fingerprint density at radius 2 is 1.87 bits per heavy atom. The van der Waals surface area contributed by atoms with Crippen molar-refractivity contribution in [2.75, 3.05) is 17.2 Å². The Hall–Kier alpha value is -3.72. The Morgan fingerprint density at radius 3 is 2.68 bits per heavy atom. The number of anilines is 2. The highest BCUT2D eigenvalue weighted by Crippen LogP contribution is 2.23. The minimum absolute atomic E-state index is 0.234. The number of fused-ring (bicyclic) bond motifs is 1. The maximum absolute atomic E-state index is 13.0. The second-order valence-electron chi connectivity index (χ2n) is 6.88. The first-order valence-electron chi connectivity index (χ1n) is 9.64. The molecule has 0 aliphatic carbocycles. The topological polar surface area (TPSA) is 98.9 Å². The summed E-state index contributed by atoms with van der Waals surface area (Å²) in [7, 11) is 0. The predicted octanol–water partition coefficient (Wildman–Crippen LogP) is 4.69. The van der Waals surface area contributed by atoms with Crippen LogP contribution in [0.3, 0.4) is 0 Å². The number of hydrogen-bond acceptors (Lipinski definition) is 4. The van der Waals surface area contributed by atoms with Crippen molar-refractivity contribution in [2.24, 2.45) is 0 Å². The second kappa shape index (κ2) is 8.97. The van der Waals surface area contributed by atoms with Gasteiger partial charge in [0, 0.05) is 29.3 Å². The van der Waals surface area contributed by atoms with E-state index in [0.717, 1.165) is 27.8 Å². The molecule has 0 bridgehead atoms. The third kappa shape index (κ3) is 4.89. The van der Waals surface area contributed by atoms with E-state index in [1.165, 1.54) is 24.3 Å². The van der Waals surface area contributed by atoms with E-state index < -0.39 is 6.03 Å². The molecule has 0 saturated heterocycles. The second-order valence-corrected chi connectivity index (χ2v) is 7.88. The van der Waals surface area contributed by atoms with Crippen LogP contribution in [0.15, 0.2) is 54.7 Å². The lowest BCUT2D eigenvalue weighted by atomic mass is 10.1. The number of urea groups is 1. The van der Waals surface area contributed by atoms with Crippen molar-refractivity contribution in [3.63, 3.8) is 0 Å². The van der Waals surface area contributed by atoms with E-state index >= 15 is 0 Å². The number of carbonyl (C=O) groups excluding carboxylic acids is 2. The number of aromatic nitrogens is 2. The summed E-state index contributed by atoms with van der Waals surface area (Å²) in [5, 5.41) is 9.54. The fourth-order valence-electron chi connectivity index (χ4n) is 3.18. The Balaban J connectivity index is 1.32. The summed E-state index contributed by atoms with van der Waals surface area (Å²) >= 11 is 1.10. The highest BCUT2D eigenvalue weighted by atomic mass is 32.1. The quantitative estimate of drug-likeness (QED) is 0.352. The number of rotatable bonds is 6. The molecule has 0 aliphatic heterocycles. The zero-order valence-electron chi connectivity index (χ0n) is 16.7. The molecule has 9 heteroatoms. The number of nitrogens with zero attached hydrogens (tertiary/aromatic N) is 1. The van der Waals surface area contributed by atoms with E-state index in [1.807, 2.05) is 30.5 Å². The number of aromatic amines is 1. The maximum atomic E-state index is 13.0. The lowest BCUT2D eigenvalue weighted by Crippen LogP contribution is -2.25. The van der Waals surface area contributed by atoms with Gasteiger partial charge in [-0.1, -0.05) is 29.5 Å². The van der Waals surface area contributed by atoms with Crippen molar-refractivity contribution < 1.29 is 14.0 Å². The molecule has 4 aromatic rings. The van der Waals surface area contributed by atoms with Crippen LogP contribution in [0.1, 0.15) is 20.9 Å². The van der Waals surface area contributed by atoms with Crippen LogP contribution in [0.25, 0.3) is 10.9 Å². The van der Waals surface area contributed by atoms with Gasteiger partial charge in [-0.2, -0.15) is 0 Å². The van der Waals surface area contributed by atoms with Crippen LogP contribution in [0, 0.1) is 12.7 Å². The summed E-state index contributed by atoms with van der Waals surface area (Å²) in [4.78, 5) is 32.6. The molecule has 0 fully saturated rings. The van der Waals surface area contributed by atoms with Crippen LogP contribution in [0.5, 0.6) is 0 Å². The molecule has 0 radical (unpaired) electrons. The van der Waals surface area contributed by atoms with E-state index in [9.17, 15) is 14.0 Å². The highest BCUT2D eigenvalue weighted by molar-refractivity contribution is 7.17. The number of H-pyrrole nitrogens is 1. The van der Waals surface area contributed by atoms with E-state index in [4.69, 9.17) is 0 Å². The first kappa shape index (κ1) is 20.5. The molecule has 2 heterocycles. The number of carbonyl (C=O) groups is 2. The number of para-hydroxylation sites is 1. The third-order valence-corrected chi connectivity index (χ3v) is 5.75. The van der Waals surface area contributed by atoms with Gasteiger partial charge in [0.05, 0.1) is 5.69 Å². The molecule has 2 aromatic heterocycles. The van der Waals surface area contributed by atoms with Gasteiger partial charge in [0.25, 0.3) is 5.91 Å². The molecule has 4 N–H and O–H groups in total. The van der Waals surface area contributed by atoms with Gasteiger partial charge in [-0.3, -0.25) is 10.1 Å². The van der Waals surface area contributed by atoms with Gasteiger partial charge >= 0.3 is 6.03 Å². The lowest BCUT2D eigenvalue weighted by Gasteiger charge is -2.05. The van der Waals surface area contributed by atoms with Gasteiger partial charge in [0.1, 0.15) is 10.7 Å². The number of hydrogen-bond donors (Lipinski definition) is 4. The number of aryl methyl sites for hydroxylation is 1. The molecular weight excluding hydrogens is 417 g/mol. The molecule has 2 aromatic carbocycles. The Kier molecular flexibility index (Phi) is 5.94. The van der Waals surface area contributed by atoms with E-state index in [2.05, 4.69) is 25.9 Å². The van der Waals surface area contributed by atoms with Crippen molar-refractivity contribution in [1.29, 1.82) is 0 Å². The van der Waals surface area contributed by atoms with Crippen molar-refractivity contribution in [2.45, 2.75) is 13.3 Å². The summed E-state index contributed by atoms with van der Waals surface area (Å²) in [6, 6.07) is 12.9. The highest BCUT2D eigenvalue weighted by Gasteiger charge is 2.16. The van der Waals surface area contributed by atoms with Gasteiger partial charge in [0.2, 0.25) is 0 Å². The molecule has 4 rings (SSSR count). The predicted molar refractivity (Wildman–Crippen MR) is 120 cm³/mol. The van der Waals surface area contributed by atoms with Crippen molar-refractivity contribution in [1.82, 2.24) is 15.3 Å². The zero-order valence-corrected chi connectivity index (χ0v) is 17.5. The summed E-state index contributed by atoms with van der Waals surface area (Å²) in [5.41, 5.74) is 3.18. The first-order chi connectivity index (χ1) is 15.0. The van der Waals surface area contributed by atoms with E-state index in [-0.39, 0.29) is 11.7 Å². The number of halogens is 1. The number of amides is 3. The summed E-state index contributed by atoms with van der Waals surface area (Å²) in [6.07, 6.45) is 2.65. The van der Waals surface area contributed by atoms with Crippen molar-refractivity contribution in [3.05, 3.63) is 76.7 Å². The first-order valence-corrected chi connectivity index (χ1v) is 10.5. The molecule has 7 nitrogen and oxygen atoms in total. The molecule has 0 unspecified atom stereocenters. The molecular formula is C22H20FN5O2S. The molecule has 0 atom stereocenters. The fourth-order valence-corrected chi connectivity index (χ4v) is 4.06. The van der Waals surface area contributed by atoms with Crippen molar-refractivity contribution >= 4 is 45.0 Å². The minimum Gasteiger partial charge on any atom is -0.361 e. The molecule has 158 valence electrons. The summed E-state index contributed by atoms with van der Waals surface area (Å²) in [6.45, 7) is 2.19. The number of thiazole rings is 1. The normalized spacial score (nSPS) is 10.8. The van der Waals surface area contributed by atoms with Crippen LogP contribution < -0.4 is 16.0 Å². The van der Waals surface area contributed by atoms with Gasteiger partial charge in [-0.05, 0) is 49.2 Å². The zero-order chi connectivity index (χ0) is 21.8. The van der Waals surface area contributed by atoms with E-state index in [1.54, 1.807) is 6.92 Å². The van der Waals surface area contributed by atoms with Crippen LogP contribution in [-0.2, 0) is 6.42 Å². The standard InChI is InChI=1S/C22H20FN5O2S/c1-13-19(20(29)24-11-10-14-12-25-18-5-3-2-4-17(14)18)31-22(26-13)28-21(30)27-16-8-6-15(23)7-9-16/h2-9,12,25H,10-11H2,1H3,(H,24,29)(H2,26,27,28,30). The van der Waals surface area contributed by atoms with E-state index in [0.29, 0.717) is 34.4 Å². The average molecular weight is 438 g/mol. The SMILES string of the molecule is Cc1nc(NC(=O)Nc2ccc(F)cc2)sc1C(=O)NCCc1c[nH]c2ccccc12. The van der Waals surface area contributed by atoms with Crippen LogP contribution in [0.4, 0.5) is 20.0 Å². The maximum Gasteiger partial charge on any atom is 0.325 e. The monoisotopic (exact) mass is 437 g/mol. The minimum atomic E-state index is -0.522. The molecule has 0 spiro atoms. The molecule has 3 amide bonds. The van der Waals surface area contributed by atoms with Gasteiger partial charge in [0.15, 0.2) is 5.13 Å². The molecule has 31 heavy (non-hydrogen) atoms. The summed E-state index contributed by atoms with van der Waals surface area (Å²) < 4.78 is 13.0. The van der Waals surface area contributed by atoms with Crippen LogP contribution >= 0.6 is 11.3 Å². The van der Waals surface area contributed by atoms with Crippen molar-refractivity contribution in [3.8, 4) is 0 Å². The van der Waals surface area contributed by atoms with Crippen LogP contribution in [-0.4, -0.2) is 28.5 Å². The van der Waals surface area contributed by atoms with Gasteiger partial charge in [-0.15, -0.1) is 0 Å². The molecule has 0 aliphatic rings. The molecule has 0 saturated carbocycles. The summed E-state index contributed by atoms with van der Waals surface area (Å²) in [5.74, 6) is -0.622. The Labute approximate surface area is 181 Å². The average Bonchev–Trinajstić information content (AvgIpc) is 3.33. The number of benzene rings is 2. The Bertz CT molecular complexity index is 1230. The number of nitrogens with one attached hydrogen (secondary N) is 4.